The summed E-state index contributed by atoms with van der Waals surface area (Å²) < 4.78 is 0. The van der Waals surface area contributed by atoms with Gasteiger partial charge in [0.2, 0.25) is 5.91 Å². The van der Waals surface area contributed by atoms with E-state index in [9.17, 15) is 4.79 Å². The monoisotopic (exact) mass is 364 g/mol. The Bertz CT molecular complexity index is 566. The third-order valence-corrected chi connectivity index (χ3v) is 5.59. The van der Waals surface area contributed by atoms with Gasteiger partial charge in [-0.15, -0.1) is 0 Å². The van der Waals surface area contributed by atoms with Crippen LogP contribution in [0.5, 0.6) is 0 Å². The number of nitrogens with zero attached hydrogens (tertiary/aromatic N) is 4. The number of rotatable bonds is 5. The number of carbonyl (C=O) groups is 1. The van der Waals surface area contributed by atoms with Gasteiger partial charge in [0.1, 0.15) is 0 Å². The van der Waals surface area contributed by atoms with E-state index in [-0.39, 0.29) is 0 Å². The molecule has 0 aliphatic carbocycles. The molecule has 2 aliphatic heterocycles. The number of carbonyl (C=O) groups excluding carboxylic acids is 1. The van der Waals surface area contributed by atoms with Gasteiger partial charge in [-0.3, -0.25) is 9.69 Å². The fourth-order valence-electron chi connectivity index (χ4n) is 3.63. The van der Waals surface area contributed by atoms with Gasteiger partial charge in [-0.1, -0.05) is 24.6 Å². The van der Waals surface area contributed by atoms with Gasteiger partial charge in [0, 0.05) is 76.0 Å². The molecule has 25 heavy (non-hydrogen) atoms. The van der Waals surface area contributed by atoms with Crippen LogP contribution in [0.15, 0.2) is 24.3 Å². The summed E-state index contributed by atoms with van der Waals surface area (Å²) in [5.41, 5.74) is 1.19. The summed E-state index contributed by atoms with van der Waals surface area (Å²) in [6, 6.07) is 8.05. The second kappa shape index (κ2) is 8.88. The van der Waals surface area contributed by atoms with E-state index in [1.165, 1.54) is 5.69 Å². The Morgan fingerprint density at radius 1 is 1.00 bits per heavy atom. The van der Waals surface area contributed by atoms with Crippen LogP contribution < -0.4 is 4.90 Å². The van der Waals surface area contributed by atoms with Gasteiger partial charge >= 0.3 is 0 Å². The van der Waals surface area contributed by atoms with Gasteiger partial charge in [0.15, 0.2) is 0 Å². The minimum Gasteiger partial charge on any atom is -0.369 e. The Hall–Kier alpha value is -1.30. The van der Waals surface area contributed by atoms with Crippen molar-refractivity contribution in [2.75, 3.05) is 70.3 Å². The quantitative estimate of drug-likeness (QED) is 0.799. The van der Waals surface area contributed by atoms with Gasteiger partial charge in [-0.05, 0) is 24.7 Å². The van der Waals surface area contributed by atoms with E-state index in [1.54, 1.807) is 0 Å². The van der Waals surface area contributed by atoms with Crippen molar-refractivity contribution in [3.8, 4) is 0 Å². The van der Waals surface area contributed by atoms with E-state index in [2.05, 4.69) is 27.7 Å². The summed E-state index contributed by atoms with van der Waals surface area (Å²) in [6.07, 6.45) is 0.642. The fraction of sp³-hybridized carbons (Fsp3) is 0.632. The summed E-state index contributed by atoms with van der Waals surface area (Å²) in [4.78, 5) is 21.6. The zero-order chi connectivity index (χ0) is 17.6. The normalized spacial score (nSPS) is 20.1. The third kappa shape index (κ3) is 5.09. The number of halogens is 1. The van der Waals surface area contributed by atoms with Gasteiger partial charge in [0.05, 0.1) is 0 Å². The first-order valence-electron chi connectivity index (χ1n) is 9.38. The lowest BCUT2D eigenvalue weighted by molar-refractivity contribution is -0.133. The van der Waals surface area contributed by atoms with Crippen LogP contribution in [0.1, 0.15) is 13.3 Å². The summed E-state index contributed by atoms with van der Waals surface area (Å²) >= 11 is 6.09. The van der Waals surface area contributed by atoms with Crippen molar-refractivity contribution in [3.63, 3.8) is 0 Å². The minimum atomic E-state index is 0.313. The Kier molecular flexibility index (Phi) is 6.57. The molecule has 0 N–H and O–H groups in total. The van der Waals surface area contributed by atoms with E-state index < -0.39 is 0 Å². The second-order valence-electron chi connectivity index (χ2n) is 6.87. The van der Waals surface area contributed by atoms with Crippen molar-refractivity contribution in [2.24, 2.45) is 0 Å². The molecule has 2 aliphatic rings. The molecule has 2 heterocycles. The van der Waals surface area contributed by atoms with Gasteiger partial charge in [-0.2, -0.15) is 0 Å². The largest absolute Gasteiger partial charge is 0.369 e. The van der Waals surface area contributed by atoms with E-state index in [1.807, 2.05) is 23.1 Å². The van der Waals surface area contributed by atoms with Gasteiger partial charge < -0.3 is 14.7 Å². The Morgan fingerprint density at radius 3 is 2.32 bits per heavy atom. The van der Waals surface area contributed by atoms with Crippen LogP contribution in [0.2, 0.25) is 5.02 Å². The van der Waals surface area contributed by atoms with E-state index >= 15 is 0 Å². The molecule has 1 aromatic carbocycles. The molecule has 1 amide bonds. The lowest BCUT2D eigenvalue weighted by atomic mass is 10.2. The molecule has 6 heteroatoms. The lowest BCUT2D eigenvalue weighted by Gasteiger charge is -2.37. The predicted molar refractivity (Wildman–Crippen MR) is 103 cm³/mol. The van der Waals surface area contributed by atoms with Crippen molar-refractivity contribution < 1.29 is 4.79 Å². The second-order valence-corrected chi connectivity index (χ2v) is 7.31. The van der Waals surface area contributed by atoms with Gasteiger partial charge in [0.25, 0.3) is 0 Å². The molecule has 0 bridgehead atoms. The highest BCUT2D eigenvalue weighted by molar-refractivity contribution is 6.30. The highest BCUT2D eigenvalue weighted by Gasteiger charge is 2.22. The van der Waals surface area contributed by atoms with E-state index in [4.69, 9.17) is 11.6 Å². The predicted octanol–water partition coefficient (Wildman–Crippen LogP) is 2.02. The SMILES string of the molecule is CCN1CCN(C(=O)CCN2CCN(c3cccc(Cl)c3)CC2)CC1. The molecule has 2 saturated heterocycles. The van der Waals surface area contributed by atoms with Crippen LogP contribution in [-0.4, -0.2) is 86.1 Å². The Morgan fingerprint density at radius 2 is 1.68 bits per heavy atom. The molecule has 3 rings (SSSR count). The molecule has 5 nitrogen and oxygen atoms in total. The van der Waals surface area contributed by atoms with E-state index in [0.717, 1.165) is 70.5 Å². The smallest absolute Gasteiger partial charge is 0.223 e. The standard InChI is InChI=1S/C19H29ClN4O/c1-2-21-8-14-24(15-9-21)19(25)6-7-22-10-12-23(13-11-22)18-5-3-4-17(20)16-18/h3-5,16H,2,6-15H2,1H3. The topological polar surface area (TPSA) is 30.0 Å². The number of amides is 1. The average molecular weight is 365 g/mol. The highest BCUT2D eigenvalue weighted by atomic mass is 35.5. The minimum absolute atomic E-state index is 0.313. The molecular formula is C19H29ClN4O. The molecule has 0 aromatic heterocycles. The third-order valence-electron chi connectivity index (χ3n) is 5.36. The first-order chi connectivity index (χ1) is 12.2. The summed E-state index contributed by atoms with van der Waals surface area (Å²) in [6.45, 7) is 11.9. The van der Waals surface area contributed by atoms with Crippen molar-refractivity contribution in [2.45, 2.75) is 13.3 Å². The van der Waals surface area contributed by atoms with Crippen molar-refractivity contribution in [1.29, 1.82) is 0 Å². The van der Waals surface area contributed by atoms with E-state index in [0.29, 0.717) is 12.3 Å². The fourth-order valence-corrected chi connectivity index (χ4v) is 3.81. The number of likely N-dealkylation sites (N-methyl/N-ethyl adjacent to an activating group) is 1. The van der Waals surface area contributed by atoms with Crippen molar-refractivity contribution >= 4 is 23.2 Å². The lowest BCUT2D eigenvalue weighted by Crippen LogP contribution is -2.50. The molecule has 1 aromatic rings. The van der Waals surface area contributed by atoms with Crippen LogP contribution in [0.3, 0.4) is 0 Å². The Balaban J connectivity index is 1.38. The molecule has 138 valence electrons. The highest BCUT2D eigenvalue weighted by Crippen LogP contribution is 2.20. The van der Waals surface area contributed by atoms with Crippen molar-refractivity contribution in [1.82, 2.24) is 14.7 Å². The van der Waals surface area contributed by atoms with Crippen molar-refractivity contribution in [3.05, 3.63) is 29.3 Å². The average Bonchev–Trinajstić information content (AvgIpc) is 2.66. The maximum Gasteiger partial charge on any atom is 0.223 e. The Labute approximate surface area is 156 Å². The number of hydrogen-bond acceptors (Lipinski definition) is 4. The maximum absolute atomic E-state index is 12.4. The zero-order valence-electron chi connectivity index (χ0n) is 15.2. The number of piperazine rings is 2. The first-order valence-corrected chi connectivity index (χ1v) is 9.76. The van der Waals surface area contributed by atoms with Gasteiger partial charge in [-0.25, -0.2) is 0 Å². The number of benzene rings is 1. The molecule has 0 unspecified atom stereocenters. The number of anilines is 1. The summed E-state index contributed by atoms with van der Waals surface area (Å²) in [7, 11) is 0. The molecular weight excluding hydrogens is 336 g/mol. The summed E-state index contributed by atoms with van der Waals surface area (Å²) in [5.74, 6) is 0.313. The molecule has 0 saturated carbocycles. The molecule has 0 radical (unpaired) electrons. The molecule has 0 spiro atoms. The molecule has 0 atom stereocenters. The summed E-state index contributed by atoms with van der Waals surface area (Å²) in [5, 5.41) is 0.786. The molecule has 2 fully saturated rings. The van der Waals surface area contributed by atoms with Crippen LogP contribution >= 0.6 is 11.6 Å². The van der Waals surface area contributed by atoms with Crippen LogP contribution in [0, 0.1) is 0 Å². The first kappa shape index (κ1) is 18.5. The van der Waals surface area contributed by atoms with Crippen LogP contribution in [-0.2, 0) is 4.79 Å². The van der Waals surface area contributed by atoms with Crippen LogP contribution in [0.25, 0.3) is 0 Å². The maximum atomic E-state index is 12.4. The zero-order valence-corrected chi connectivity index (χ0v) is 15.9. The van der Waals surface area contributed by atoms with Crippen LogP contribution in [0.4, 0.5) is 5.69 Å². The number of hydrogen-bond donors (Lipinski definition) is 0.